The van der Waals surface area contributed by atoms with E-state index < -0.39 is 0 Å². The minimum absolute atomic E-state index is 0.271. The number of methoxy groups -OCH3 is 1. The van der Waals surface area contributed by atoms with Crippen LogP contribution in [0.25, 0.3) is 11.1 Å². The molecule has 1 heterocycles. The summed E-state index contributed by atoms with van der Waals surface area (Å²) in [5.74, 6) is 0.551. The summed E-state index contributed by atoms with van der Waals surface area (Å²) in [6.45, 7) is 2.85. The van der Waals surface area contributed by atoms with Crippen LogP contribution in [-0.4, -0.2) is 24.3 Å². The minimum Gasteiger partial charge on any atom is -0.497 e. The van der Waals surface area contributed by atoms with Crippen molar-refractivity contribution in [3.05, 3.63) is 149 Å². The first-order chi connectivity index (χ1) is 19.7. The van der Waals surface area contributed by atoms with E-state index in [0.717, 1.165) is 40.2 Å². The van der Waals surface area contributed by atoms with Crippen LogP contribution in [0.3, 0.4) is 0 Å². The highest BCUT2D eigenvalue weighted by Crippen LogP contribution is 2.37. The quantitative estimate of drug-likeness (QED) is 0.164. The molecule has 0 bridgehead atoms. The Bertz CT molecular complexity index is 1520. The zero-order chi connectivity index (χ0) is 27.7. The molecule has 40 heavy (non-hydrogen) atoms. The Balaban J connectivity index is 1.73. The molecule has 0 aliphatic rings. The number of esters is 1. The number of carbonyl (C=O) groups is 1. The fourth-order valence-electron chi connectivity index (χ4n) is 5.31. The van der Waals surface area contributed by atoms with E-state index in [1.165, 1.54) is 11.1 Å². The molecule has 1 aromatic heterocycles. The average molecular weight is 530 g/mol. The van der Waals surface area contributed by atoms with Crippen LogP contribution in [0.15, 0.2) is 115 Å². The van der Waals surface area contributed by atoms with Gasteiger partial charge in [-0.2, -0.15) is 0 Å². The second-order valence-electron chi connectivity index (χ2n) is 9.81. The summed E-state index contributed by atoms with van der Waals surface area (Å²) in [6.07, 6.45) is 2.20. The van der Waals surface area contributed by atoms with Crippen molar-refractivity contribution in [3.8, 4) is 16.9 Å². The van der Waals surface area contributed by atoms with E-state index in [9.17, 15) is 4.79 Å². The molecular weight excluding hydrogens is 494 g/mol. The fraction of sp³-hybridized carbons (Fsp3) is 0.194. The van der Waals surface area contributed by atoms with Crippen LogP contribution in [0.2, 0.25) is 0 Å². The zero-order valence-corrected chi connectivity index (χ0v) is 23.2. The van der Waals surface area contributed by atoms with Gasteiger partial charge in [-0.1, -0.05) is 103 Å². The van der Waals surface area contributed by atoms with E-state index in [2.05, 4.69) is 77.4 Å². The van der Waals surface area contributed by atoms with Gasteiger partial charge in [0, 0.05) is 29.9 Å². The molecule has 0 radical (unpaired) electrons. The number of carbonyl (C=O) groups excluding carboxylic acids is 1. The molecule has 4 nitrogen and oxygen atoms in total. The van der Waals surface area contributed by atoms with E-state index in [4.69, 9.17) is 9.47 Å². The molecule has 0 N–H and O–H groups in total. The Morgan fingerprint density at radius 1 is 0.675 bits per heavy atom. The maximum atomic E-state index is 13.8. The van der Waals surface area contributed by atoms with Crippen molar-refractivity contribution in [1.82, 2.24) is 4.57 Å². The lowest BCUT2D eigenvalue weighted by atomic mass is 9.96. The number of benzene rings is 4. The van der Waals surface area contributed by atoms with Gasteiger partial charge in [0.15, 0.2) is 0 Å². The van der Waals surface area contributed by atoms with Crippen molar-refractivity contribution in [2.45, 2.75) is 32.7 Å². The van der Waals surface area contributed by atoms with Crippen molar-refractivity contribution in [2.24, 2.45) is 0 Å². The average Bonchev–Trinajstić information content (AvgIpc) is 3.30. The predicted octanol–water partition coefficient (Wildman–Crippen LogP) is 7.76. The first-order valence-electron chi connectivity index (χ1n) is 13.9. The Labute approximate surface area is 236 Å². The van der Waals surface area contributed by atoms with Gasteiger partial charge in [0.2, 0.25) is 0 Å². The fourth-order valence-corrected chi connectivity index (χ4v) is 5.31. The number of rotatable bonds is 11. The number of hydrogen-bond donors (Lipinski definition) is 0. The van der Waals surface area contributed by atoms with Gasteiger partial charge >= 0.3 is 5.97 Å². The summed E-state index contributed by atoms with van der Waals surface area (Å²) in [5.41, 5.74) is 8.32. The van der Waals surface area contributed by atoms with Crippen molar-refractivity contribution >= 4 is 5.97 Å². The van der Waals surface area contributed by atoms with Crippen molar-refractivity contribution in [2.75, 3.05) is 13.7 Å². The van der Waals surface area contributed by atoms with Gasteiger partial charge in [-0.15, -0.1) is 0 Å². The molecule has 0 fully saturated rings. The lowest BCUT2D eigenvalue weighted by molar-refractivity contribution is 0.0525. The number of nitrogens with zero attached hydrogens (tertiary/aromatic N) is 1. The highest BCUT2D eigenvalue weighted by atomic mass is 16.5. The van der Waals surface area contributed by atoms with E-state index >= 15 is 0 Å². The van der Waals surface area contributed by atoms with Crippen LogP contribution >= 0.6 is 0 Å². The molecule has 0 aliphatic heterocycles. The summed E-state index contributed by atoms with van der Waals surface area (Å²) >= 11 is 0. The number of aryl methyl sites for hydroxylation is 1. The van der Waals surface area contributed by atoms with E-state index in [1.54, 1.807) is 7.11 Å². The van der Waals surface area contributed by atoms with Gasteiger partial charge in [0.1, 0.15) is 5.75 Å². The van der Waals surface area contributed by atoms with Gasteiger partial charge in [-0.25, -0.2) is 4.79 Å². The monoisotopic (exact) mass is 529 g/mol. The molecule has 4 aromatic carbocycles. The molecule has 5 rings (SSSR count). The second kappa shape index (κ2) is 13.0. The van der Waals surface area contributed by atoms with Crippen molar-refractivity contribution in [1.29, 1.82) is 0 Å². The van der Waals surface area contributed by atoms with E-state index in [0.29, 0.717) is 31.6 Å². The molecule has 4 heteroatoms. The Morgan fingerprint density at radius 3 is 1.88 bits per heavy atom. The van der Waals surface area contributed by atoms with Crippen LogP contribution in [0, 0.1) is 0 Å². The van der Waals surface area contributed by atoms with Crippen LogP contribution in [0.5, 0.6) is 5.75 Å². The Morgan fingerprint density at radius 2 is 1.27 bits per heavy atom. The molecule has 0 amide bonds. The normalized spacial score (nSPS) is 10.8. The highest BCUT2D eigenvalue weighted by Gasteiger charge is 2.29. The third kappa shape index (κ3) is 6.18. The van der Waals surface area contributed by atoms with E-state index in [-0.39, 0.29) is 5.97 Å². The zero-order valence-electron chi connectivity index (χ0n) is 23.2. The largest absolute Gasteiger partial charge is 0.497 e. The minimum atomic E-state index is -0.271. The summed E-state index contributed by atoms with van der Waals surface area (Å²) in [6, 6.07) is 39.3. The Kier molecular flexibility index (Phi) is 8.77. The van der Waals surface area contributed by atoms with Crippen molar-refractivity contribution < 1.29 is 14.3 Å². The third-order valence-corrected chi connectivity index (χ3v) is 7.23. The van der Waals surface area contributed by atoms with Crippen LogP contribution in [-0.2, 0) is 30.5 Å². The maximum absolute atomic E-state index is 13.8. The molecular formula is C36H35NO3. The maximum Gasteiger partial charge on any atom is 0.340 e. The van der Waals surface area contributed by atoms with E-state index in [1.807, 2.05) is 49.4 Å². The second-order valence-corrected chi connectivity index (χ2v) is 9.81. The SMILES string of the molecule is CCOC(=O)c1c(-c2ccccc2)c(Cc2ccc(OC)cc2)n(Cc2ccccc2)c1CCc1ccccc1. The molecule has 0 unspecified atom stereocenters. The molecule has 0 aliphatic carbocycles. The lowest BCUT2D eigenvalue weighted by Crippen LogP contribution is -2.13. The smallest absolute Gasteiger partial charge is 0.340 e. The van der Waals surface area contributed by atoms with Crippen LogP contribution < -0.4 is 4.74 Å². The molecule has 0 saturated carbocycles. The molecule has 0 saturated heterocycles. The van der Waals surface area contributed by atoms with Gasteiger partial charge in [0.05, 0.1) is 19.3 Å². The standard InChI is InChI=1S/C36H35NO3/c1-3-40-36(38)35-32(24-21-27-13-7-4-8-14-27)37(26-29-15-9-5-10-16-29)33(34(35)30-17-11-6-12-18-30)25-28-19-22-31(39-2)23-20-28/h4-20,22-23H,3,21,24-26H2,1-2H3. The summed E-state index contributed by atoms with van der Waals surface area (Å²) in [7, 11) is 1.68. The first-order valence-corrected chi connectivity index (χ1v) is 13.9. The van der Waals surface area contributed by atoms with Gasteiger partial charge < -0.3 is 14.0 Å². The summed E-state index contributed by atoms with van der Waals surface area (Å²) < 4.78 is 13.5. The number of ether oxygens (including phenoxy) is 2. The van der Waals surface area contributed by atoms with Crippen molar-refractivity contribution in [3.63, 3.8) is 0 Å². The number of hydrogen-bond acceptors (Lipinski definition) is 3. The lowest BCUT2D eigenvalue weighted by Gasteiger charge is -2.16. The Hall–Kier alpha value is -4.57. The first kappa shape index (κ1) is 27.0. The van der Waals surface area contributed by atoms with Gasteiger partial charge in [0.25, 0.3) is 0 Å². The third-order valence-electron chi connectivity index (χ3n) is 7.23. The van der Waals surface area contributed by atoms with Gasteiger partial charge in [-0.05, 0) is 54.2 Å². The molecule has 0 spiro atoms. The predicted molar refractivity (Wildman–Crippen MR) is 161 cm³/mol. The highest BCUT2D eigenvalue weighted by molar-refractivity contribution is 6.00. The van der Waals surface area contributed by atoms with Gasteiger partial charge in [-0.3, -0.25) is 0 Å². The number of aromatic nitrogens is 1. The topological polar surface area (TPSA) is 40.5 Å². The molecule has 202 valence electrons. The van der Waals surface area contributed by atoms with Crippen LogP contribution in [0.4, 0.5) is 0 Å². The van der Waals surface area contributed by atoms with Crippen LogP contribution in [0.1, 0.15) is 45.4 Å². The molecule has 0 atom stereocenters. The summed E-state index contributed by atoms with van der Waals surface area (Å²) in [4.78, 5) is 13.8. The molecule has 5 aromatic rings. The summed E-state index contributed by atoms with van der Waals surface area (Å²) in [5, 5.41) is 0.